The van der Waals surface area contributed by atoms with Crippen LogP contribution in [0.4, 0.5) is 0 Å². The normalized spacial score (nSPS) is 15.8. The fourth-order valence-corrected chi connectivity index (χ4v) is 8.99. The van der Waals surface area contributed by atoms with Crippen LogP contribution in [0, 0.1) is 0 Å². The van der Waals surface area contributed by atoms with E-state index in [9.17, 15) is 0 Å². The van der Waals surface area contributed by atoms with Crippen molar-refractivity contribution in [2.24, 2.45) is 0 Å². The minimum atomic E-state index is 0.526. The number of ether oxygens (including phenoxy) is 2. The number of nitrogens with zero attached hydrogens (tertiary/aromatic N) is 2. The van der Waals surface area contributed by atoms with Crippen molar-refractivity contribution in [3.05, 3.63) is 153 Å². The standard InChI is InChI=1S/C38H36N2O2S4/c1-3-33-23-43-19-29-11-31-15-37(13-29)41-17-27-7-9-28(10-8-27)18-42-38-14-30(20-44-24-34(4-1)39-33)12-32(16-38)22-46-26-36-6-2-5-35(40-36)25-45-21-31/h1-16H,17-26H2. The van der Waals surface area contributed by atoms with Gasteiger partial charge in [0, 0.05) is 46.0 Å². The Hall–Kier alpha value is -3.04. The van der Waals surface area contributed by atoms with Crippen LogP contribution in [0.2, 0.25) is 0 Å². The predicted molar refractivity (Wildman–Crippen MR) is 196 cm³/mol. The zero-order valence-corrected chi connectivity index (χ0v) is 28.9. The molecule has 0 saturated heterocycles. The summed E-state index contributed by atoms with van der Waals surface area (Å²) in [6.45, 7) is 1.05. The summed E-state index contributed by atoms with van der Waals surface area (Å²) in [6, 6.07) is 34.9. The zero-order chi connectivity index (χ0) is 31.0. The Morgan fingerprint density at radius 1 is 0.370 bits per heavy atom. The third-order valence-electron chi connectivity index (χ3n) is 7.69. The SMILES string of the molecule is c1cc2nc(c1)CSCc1cc3cc(c1)OCc1ccc(cc1)COc1cc(cc(c1)CSCc1cccc(n1)CSC3)CSC2. The number of hydrogen-bond donors (Lipinski definition) is 0. The summed E-state index contributed by atoms with van der Waals surface area (Å²) in [5.74, 6) is 8.98. The summed E-state index contributed by atoms with van der Waals surface area (Å²) in [6.07, 6.45) is 0. The number of fused-ring (bicyclic) bond motifs is 8. The first-order valence-electron chi connectivity index (χ1n) is 15.5. The molecule has 2 aromatic heterocycles. The third kappa shape index (κ3) is 9.06. The number of hydrogen-bond acceptors (Lipinski definition) is 8. The average molecular weight is 681 g/mol. The van der Waals surface area contributed by atoms with Crippen LogP contribution in [0.5, 0.6) is 11.5 Å². The van der Waals surface area contributed by atoms with E-state index >= 15 is 0 Å². The van der Waals surface area contributed by atoms with Crippen LogP contribution >= 0.6 is 47.0 Å². The average Bonchev–Trinajstić information content (AvgIpc) is 3.07. The van der Waals surface area contributed by atoms with Gasteiger partial charge in [0.15, 0.2) is 0 Å². The van der Waals surface area contributed by atoms with Gasteiger partial charge in [0.25, 0.3) is 0 Å². The van der Waals surface area contributed by atoms with Crippen molar-refractivity contribution in [2.45, 2.75) is 59.2 Å². The summed E-state index contributed by atoms with van der Waals surface area (Å²) in [5.41, 5.74) is 11.9. The summed E-state index contributed by atoms with van der Waals surface area (Å²) < 4.78 is 12.8. The molecule has 4 aliphatic heterocycles. The molecule has 234 valence electrons. The Balaban J connectivity index is 1.24. The summed E-state index contributed by atoms with van der Waals surface area (Å²) in [5, 5.41) is 0. The minimum Gasteiger partial charge on any atom is -0.489 e. The van der Waals surface area contributed by atoms with E-state index in [-0.39, 0.29) is 0 Å². The quantitative estimate of drug-likeness (QED) is 0.160. The number of thioether (sulfide) groups is 4. The predicted octanol–water partition coefficient (Wildman–Crippen LogP) is 9.99. The van der Waals surface area contributed by atoms with Gasteiger partial charge >= 0.3 is 0 Å². The molecule has 6 heterocycles. The van der Waals surface area contributed by atoms with E-state index in [0.717, 1.165) is 91.4 Å². The fourth-order valence-electron chi connectivity index (χ4n) is 5.50. The lowest BCUT2D eigenvalue weighted by Crippen LogP contribution is -2.00. The molecule has 46 heavy (non-hydrogen) atoms. The number of pyridine rings is 2. The maximum absolute atomic E-state index is 6.39. The van der Waals surface area contributed by atoms with E-state index in [2.05, 4.69) is 97.1 Å². The molecule has 0 saturated carbocycles. The van der Waals surface area contributed by atoms with E-state index < -0.39 is 0 Å². The van der Waals surface area contributed by atoms with Crippen molar-refractivity contribution in [1.82, 2.24) is 9.97 Å². The molecule has 9 rings (SSSR count). The van der Waals surface area contributed by atoms with E-state index in [4.69, 9.17) is 19.4 Å². The lowest BCUT2D eigenvalue weighted by molar-refractivity contribution is 0.302. The first-order valence-corrected chi connectivity index (χ1v) is 20.1. The maximum atomic E-state index is 6.39. The van der Waals surface area contributed by atoms with Gasteiger partial charge in [-0.3, -0.25) is 9.97 Å². The second-order valence-corrected chi connectivity index (χ2v) is 15.5. The van der Waals surface area contributed by atoms with Gasteiger partial charge in [0.2, 0.25) is 0 Å². The topological polar surface area (TPSA) is 44.2 Å². The molecule has 0 spiro atoms. The first-order chi connectivity index (χ1) is 22.7. The Morgan fingerprint density at radius 3 is 1.02 bits per heavy atom. The monoisotopic (exact) mass is 680 g/mol. The van der Waals surface area contributed by atoms with Crippen molar-refractivity contribution in [2.75, 3.05) is 0 Å². The lowest BCUT2D eigenvalue weighted by Gasteiger charge is -2.13. The molecule has 0 fully saturated rings. The minimum absolute atomic E-state index is 0.526. The molecular weight excluding hydrogens is 645 g/mol. The summed E-state index contributed by atoms with van der Waals surface area (Å²) in [4.78, 5) is 10.0. The molecule has 4 nitrogen and oxygen atoms in total. The molecule has 5 aromatic rings. The van der Waals surface area contributed by atoms with Crippen LogP contribution in [0.1, 0.15) is 56.2 Å². The van der Waals surface area contributed by atoms with E-state index in [1.54, 1.807) is 0 Å². The summed E-state index contributed by atoms with van der Waals surface area (Å²) >= 11 is 7.62. The van der Waals surface area contributed by atoms with Gasteiger partial charge in [0.05, 0.1) is 22.8 Å². The van der Waals surface area contributed by atoms with Gasteiger partial charge in [-0.15, -0.1) is 0 Å². The molecule has 0 radical (unpaired) electrons. The molecule has 0 N–H and O–H groups in total. The smallest absolute Gasteiger partial charge is 0.120 e. The van der Waals surface area contributed by atoms with Gasteiger partial charge in [-0.05, 0) is 81.9 Å². The van der Waals surface area contributed by atoms with Gasteiger partial charge in [0.1, 0.15) is 24.7 Å². The molecule has 0 amide bonds. The molecule has 0 atom stereocenters. The highest BCUT2D eigenvalue weighted by molar-refractivity contribution is 7.98. The fraction of sp³-hybridized carbons (Fsp3) is 0.263. The van der Waals surface area contributed by atoms with E-state index in [1.165, 1.54) is 22.3 Å². The highest BCUT2D eigenvalue weighted by atomic mass is 32.2. The zero-order valence-electron chi connectivity index (χ0n) is 25.7. The van der Waals surface area contributed by atoms with Crippen LogP contribution in [0.3, 0.4) is 0 Å². The Kier molecular flexibility index (Phi) is 10.8. The molecule has 0 aliphatic carbocycles. The number of benzene rings is 3. The van der Waals surface area contributed by atoms with Crippen LogP contribution in [0.25, 0.3) is 0 Å². The third-order valence-corrected chi connectivity index (χ3v) is 11.8. The van der Waals surface area contributed by atoms with Crippen LogP contribution in [0.15, 0.2) is 97.1 Å². The van der Waals surface area contributed by atoms with Crippen molar-refractivity contribution in [3.63, 3.8) is 0 Å². The molecule has 12 bridgehead atoms. The van der Waals surface area contributed by atoms with Crippen LogP contribution in [-0.2, 0) is 59.2 Å². The second kappa shape index (κ2) is 15.7. The highest BCUT2D eigenvalue weighted by Gasteiger charge is 2.10. The van der Waals surface area contributed by atoms with Gasteiger partial charge in [-0.25, -0.2) is 0 Å². The number of aromatic nitrogens is 2. The lowest BCUT2D eigenvalue weighted by atomic mass is 10.1. The van der Waals surface area contributed by atoms with Crippen molar-refractivity contribution in [3.8, 4) is 11.5 Å². The van der Waals surface area contributed by atoms with Crippen molar-refractivity contribution >= 4 is 47.0 Å². The number of rotatable bonds is 0. The Morgan fingerprint density at radius 2 is 0.696 bits per heavy atom. The largest absolute Gasteiger partial charge is 0.489 e. The van der Waals surface area contributed by atoms with Crippen molar-refractivity contribution in [1.29, 1.82) is 0 Å². The van der Waals surface area contributed by atoms with E-state index in [0.29, 0.717) is 13.2 Å². The maximum Gasteiger partial charge on any atom is 0.120 e. The van der Waals surface area contributed by atoms with Crippen LogP contribution < -0.4 is 9.47 Å². The van der Waals surface area contributed by atoms with Crippen LogP contribution in [-0.4, -0.2) is 9.97 Å². The second-order valence-electron chi connectivity index (χ2n) is 11.6. The molecular formula is C38H36N2O2S4. The van der Waals surface area contributed by atoms with Crippen molar-refractivity contribution < 1.29 is 9.47 Å². The van der Waals surface area contributed by atoms with Gasteiger partial charge in [-0.1, -0.05) is 48.5 Å². The van der Waals surface area contributed by atoms with Gasteiger partial charge in [-0.2, -0.15) is 47.0 Å². The highest BCUT2D eigenvalue weighted by Crippen LogP contribution is 2.30. The Bertz CT molecular complexity index is 1560. The Labute approximate surface area is 288 Å². The molecule has 3 aromatic carbocycles. The van der Waals surface area contributed by atoms with E-state index in [1.807, 2.05) is 47.0 Å². The molecule has 0 unspecified atom stereocenters. The van der Waals surface area contributed by atoms with Gasteiger partial charge < -0.3 is 9.47 Å². The molecule has 4 aliphatic rings. The molecule has 8 heteroatoms. The summed E-state index contributed by atoms with van der Waals surface area (Å²) in [7, 11) is 0. The first kappa shape index (κ1) is 31.6.